The maximum Gasteiger partial charge on any atom is 0.327 e. The average molecular weight is 223 g/mol. The van der Waals surface area contributed by atoms with E-state index in [0.29, 0.717) is 0 Å². The molecule has 0 spiro atoms. The van der Waals surface area contributed by atoms with Gasteiger partial charge in [0.15, 0.2) is 0 Å². The quantitative estimate of drug-likeness (QED) is 0.744. The van der Waals surface area contributed by atoms with Crippen LogP contribution < -0.4 is 5.32 Å². The van der Waals surface area contributed by atoms with E-state index in [1.54, 1.807) is 10.9 Å². The Morgan fingerprint density at radius 1 is 1.75 bits per heavy atom. The van der Waals surface area contributed by atoms with Crippen molar-refractivity contribution in [1.29, 1.82) is 0 Å². The van der Waals surface area contributed by atoms with Crippen LogP contribution >= 0.6 is 0 Å². The van der Waals surface area contributed by atoms with Crippen molar-refractivity contribution >= 4 is 5.97 Å². The average Bonchev–Trinajstić information content (AvgIpc) is 3.01. The number of rotatable bonds is 5. The summed E-state index contributed by atoms with van der Waals surface area (Å²) in [6.07, 6.45) is 6.05. The molecule has 88 valence electrons. The molecule has 0 bridgehead atoms. The van der Waals surface area contributed by atoms with Gasteiger partial charge in [0.25, 0.3) is 0 Å². The third-order valence-electron chi connectivity index (χ3n) is 2.80. The van der Waals surface area contributed by atoms with E-state index in [4.69, 9.17) is 4.74 Å². The minimum atomic E-state index is -0.390. The van der Waals surface area contributed by atoms with Gasteiger partial charge in [-0.1, -0.05) is 0 Å². The van der Waals surface area contributed by atoms with Crippen molar-refractivity contribution in [3.63, 3.8) is 0 Å². The van der Waals surface area contributed by atoms with Crippen LogP contribution in [0.1, 0.15) is 24.4 Å². The van der Waals surface area contributed by atoms with Crippen molar-refractivity contribution in [3.05, 3.63) is 18.0 Å². The van der Waals surface area contributed by atoms with Crippen LogP contribution in [0, 0.1) is 5.92 Å². The molecule has 1 aliphatic carbocycles. The van der Waals surface area contributed by atoms with E-state index in [9.17, 15) is 4.79 Å². The second kappa shape index (κ2) is 4.65. The number of nitrogens with zero attached hydrogens (tertiary/aromatic N) is 2. The summed E-state index contributed by atoms with van der Waals surface area (Å²) in [4.78, 5) is 11.6. The van der Waals surface area contributed by atoms with E-state index in [2.05, 4.69) is 10.4 Å². The summed E-state index contributed by atoms with van der Waals surface area (Å²) >= 11 is 0. The standard InChI is InChI=1S/C11H17N3O2/c1-14-7-9(6-13-14)10(11(15)16-2)12-5-8-3-4-8/h6-8,10,12H,3-5H2,1-2H3. The van der Waals surface area contributed by atoms with Crippen molar-refractivity contribution in [2.24, 2.45) is 13.0 Å². The molecule has 1 N–H and O–H groups in total. The molecule has 0 aliphatic heterocycles. The summed E-state index contributed by atoms with van der Waals surface area (Å²) in [6, 6.07) is -0.390. The molecule has 1 aliphatic rings. The van der Waals surface area contributed by atoms with Gasteiger partial charge in [0.1, 0.15) is 6.04 Å². The lowest BCUT2D eigenvalue weighted by atomic mass is 10.1. The number of aromatic nitrogens is 2. The predicted molar refractivity (Wildman–Crippen MR) is 58.7 cm³/mol. The summed E-state index contributed by atoms with van der Waals surface area (Å²) < 4.78 is 6.47. The molecule has 1 unspecified atom stereocenters. The Hall–Kier alpha value is -1.36. The van der Waals surface area contributed by atoms with E-state index in [1.165, 1.54) is 20.0 Å². The monoisotopic (exact) mass is 223 g/mol. The van der Waals surface area contributed by atoms with Crippen molar-refractivity contribution in [2.45, 2.75) is 18.9 Å². The molecule has 0 amide bonds. The number of nitrogens with one attached hydrogen (secondary N) is 1. The maximum atomic E-state index is 11.6. The van der Waals surface area contributed by atoms with Crippen LogP contribution in [0.5, 0.6) is 0 Å². The number of hydrogen-bond donors (Lipinski definition) is 1. The minimum absolute atomic E-state index is 0.256. The van der Waals surface area contributed by atoms with E-state index in [1.807, 2.05) is 13.2 Å². The van der Waals surface area contributed by atoms with Crippen LogP contribution in [-0.2, 0) is 16.6 Å². The summed E-state index contributed by atoms with van der Waals surface area (Å²) in [7, 11) is 3.24. The molecule has 0 aromatic carbocycles. The van der Waals surface area contributed by atoms with Crippen molar-refractivity contribution < 1.29 is 9.53 Å². The molecule has 1 aromatic heterocycles. The predicted octanol–water partition coefficient (Wildman–Crippen LogP) is 0.634. The van der Waals surface area contributed by atoms with Crippen LogP contribution in [0.15, 0.2) is 12.4 Å². The van der Waals surface area contributed by atoms with Gasteiger partial charge >= 0.3 is 5.97 Å². The second-order valence-corrected chi connectivity index (χ2v) is 4.26. The summed E-state index contributed by atoms with van der Waals surface area (Å²) in [5.74, 6) is 0.470. The number of methoxy groups -OCH3 is 1. The van der Waals surface area contributed by atoms with Gasteiger partial charge < -0.3 is 10.1 Å². The number of esters is 1. The molecule has 1 aromatic rings. The molecule has 0 saturated heterocycles. The zero-order valence-corrected chi connectivity index (χ0v) is 9.64. The van der Waals surface area contributed by atoms with Crippen LogP contribution in [0.2, 0.25) is 0 Å². The maximum absolute atomic E-state index is 11.6. The first-order valence-corrected chi connectivity index (χ1v) is 5.50. The van der Waals surface area contributed by atoms with Crippen LogP contribution in [0.4, 0.5) is 0 Å². The highest BCUT2D eigenvalue weighted by atomic mass is 16.5. The lowest BCUT2D eigenvalue weighted by Gasteiger charge is -2.14. The number of carbonyl (C=O) groups is 1. The fraction of sp³-hybridized carbons (Fsp3) is 0.636. The molecule has 5 heteroatoms. The van der Waals surface area contributed by atoms with E-state index < -0.39 is 0 Å². The number of carbonyl (C=O) groups excluding carboxylic acids is 1. The molecule has 1 saturated carbocycles. The molecule has 1 fully saturated rings. The molecule has 0 radical (unpaired) electrons. The molecular weight excluding hydrogens is 206 g/mol. The molecule has 2 rings (SSSR count). The van der Waals surface area contributed by atoms with Gasteiger partial charge in [-0.2, -0.15) is 5.10 Å². The zero-order valence-electron chi connectivity index (χ0n) is 9.64. The van der Waals surface area contributed by atoms with Gasteiger partial charge in [0.2, 0.25) is 0 Å². The van der Waals surface area contributed by atoms with E-state index >= 15 is 0 Å². The topological polar surface area (TPSA) is 56.1 Å². The fourth-order valence-electron chi connectivity index (χ4n) is 1.65. The van der Waals surface area contributed by atoms with Gasteiger partial charge in [-0.3, -0.25) is 4.68 Å². The molecule has 16 heavy (non-hydrogen) atoms. The molecule has 5 nitrogen and oxygen atoms in total. The van der Waals surface area contributed by atoms with E-state index in [-0.39, 0.29) is 12.0 Å². The highest BCUT2D eigenvalue weighted by molar-refractivity contribution is 5.77. The van der Waals surface area contributed by atoms with Crippen LogP contribution in [0.3, 0.4) is 0 Å². The Kier molecular flexibility index (Phi) is 3.24. The van der Waals surface area contributed by atoms with Gasteiger partial charge in [0, 0.05) is 18.8 Å². The van der Waals surface area contributed by atoms with Gasteiger partial charge in [-0.15, -0.1) is 0 Å². The van der Waals surface area contributed by atoms with Crippen molar-refractivity contribution in [3.8, 4) is 0 Å². The first kappa shape index (κ1) is 11.1. The SMILES string of the molecule is COC(=O)C(NCC1CC1)c1cnn(C)c1. The third kappa shape index (κ3) is 2.61. The molecular formula is C11H17N3O2. The Bertz CT molecular complexity index is 371. The van der Waals surface area contributed by atoms with Crippen LogP contribution in [0.25, 0.3) is 0 Å². The second-order valence-electron chi connectivity index (χ2n) is 4.26. The molecule has 1 atom stereocenters. The van der Waals surface area contributed by atoms with Gasteiger partial charge in [0.05, 0.1) is 13.3 Å². The van der Waals surface area contributed by atoms with Gasteiger partial charge in [-0.25, -0.2) is 4.79 Å². The summed E-state index contributed by atoms with van der Waals surface area (Å²) in [5.41, 5.74) is 0.856. The number of aryl methyl sites for hydroxylation is 1. The lowest BCUT2D eigenvalue weighted by Crippen LogP contribution is -2.30. The summed E-state index contributed by atoms with van der Waals surface area (Å²) in [5, 5.41) is 7.30. The van der Waals surface area contributed by atoms with Gasteiger partial charge in [-0.05, 0) is 25.3 Å². The van der Waals surface area contributed by atoms with Crippen LogP contribution in [-0.4, -0.2) is 29.4 Å². The smallest absolute Gasteiger partial charge is 0.327 e. The summed E-state index contributed by atoms with van der Waals surface area (Å²) in [6.45, 7) is 0.870. The largest absolute Gasteiger partial charge is 0.468 e. The van der Waals surface area contributed by atoms with Crippen molar-refractivity contribution in [1.82, 2.24) is 15.1 Å². The highest BCUT2D eigenvalue weighted by Gasteiger charge is 2.27. The Morgan fingerprint density at radius 3 is 3.00 bits per heavy atom. The minimum Gasteiger partial charge on any atom is -0.468 e. The first-order chi connectivity index (χ1) is 7.70. The first-order valence-electron chi connectivity index (χ1n) is 5.50. The Balaban J connectivity index is 2.03. The highest BCUT2D eigenvalue weighted by Crippen LogP contribution is 2.28. The zero-order chi connectivity index (χ0) is 11.5. The fourth-order valence-corrected chi connectivity index (χ4v) is 1.65. The number of ether oxygens (including phenoxy) is 1. The lowest BCUT2D eigenvalue weighted by molar-refractivity contribution is -0.143. The third-order valence-corrected chi connectivity index (χ3v) is 2.80. The normalized spacial score (nSPS) is 17.1. The van der Waals surface area contributed by atoms with E-state index in [0.717, 1.165) is 18.0 Å². The Labute approximate surface area is 94.8 Å². The number of hydrogen-bond acceptors (Lipinski definition) is 4. The molecule has 1 heterocycles. The van der Waals surface area contributed by atoms with Crippen molar-refractivity contribution in [2.75, 3.05) is 13.7 Å². The Morgan fingerprint density at radius 2 is 2.50 bits per heavy atom.